The van der Waals surface area contributed by atoms with Gasteiger partial charge in [-0.15, -0.1) is 0 Å². The summed E-state index contributed by atoms with van der Waals surface area (Å²) in [5, 5.41) is 8.36. The van der Waals surface area contributed by atoms with Crippen LogP contribution in [0.3, 0.4) is 0 Å². The third-order valence-corrected chi connectivity index (χ3v) is 3.41. The van der Waals surface area contributed by atoms with E-state index in [4.69, 9.17) is 15.0 Å². The number of hydrogen-bond donors (Lipinski definition) is 1. The summed E-state index contributed by atoms with van der Waals surface area (Å²) < 4.78 is 12.7. The van der Waals surface area contributed by atoms with Crippen LogP contribution in [0.4, 0.5) is 0 Å². The molecule has 1 unspecified atom stereocenters. The molecule has 1 atom stereocenters. The minimum Gasteiger partial charge on any atom is -0.379 e. The van der Waals surface area contributed by atoms with Crippen LogP contribution in [0.25, 0.3) is 11.5 Å². The van der Waals surface area contributed by atoms with Crippen LogP contribution in [0.1, 0.15) is 37.5 Å². The number of ether oxygens (including phenoxy) is 1. The van der Waals surface area contributed by atoms with E-state index in [2.05, 4.69) is 15.2 Å². The van der Waals surface area contributed by atoms with Crippen LogP contribution in [0, 0.1) is 13.8 Å². The average Bonchev–Trinajstić information content (AvgIpc) is 2.97. The largest absolute Gasteiger partial charge is 0.379 e. The Balaban J connectivity index is 2.25. The van der Waals surface area contributed by atoms with Crippen LogP contribution in [0.2, 0.25) is 0 Å². The van der Waals surface area contributed by atoms with Crippen molar-refractivity contribution >= 4 is 0 Å². The van der Waals surface area contributed by atoms with Crippen molar-refractivity contribution in [3.8, 4) is 11.5 Å². The number of rotatable bonds is 6. The molecule has 0 amide bonds. The molecule has 0 aromatic carbocycles. The molecule has 0 saturated carbocycles. The summed E-state index contributed by atoms with van der Waals surface area (Å²) in [7, 11) is 1.88. The molecule has 7 heteroatoms. The molecule has 2 aromatic heterocycles. The van der Waals surface area contributed by atoms with E-state index in [1.165, 1.54) is 0 Å². The van der Waals surface area contributed by atoms with Crippen molar-refractivity contribution in [2.45, 2.75) is 39.7 Å². The first-order valence-electron chi connectivity index (χ1n) is 7.08. The first kappa shape index (κ1) is 15.7. The minimum atomic E-state index is -0.777. The quantitative estimate of drug-likeness (QED) is 0.815. The topological polar surface area (TPSA) is 92.0 Å². The molecule has 0 saturated heterocycles. The van der Waals surface area contributed by atoms with Gasteiger partial charge in [-0.3, -0.25) is 4.68 Å². The molecule has 2 aromatic rings. The highest BCUT2D eigenvalue weighted by Gasteiger charge is 2.29. The molecule has 2 N–H and O–H groups in total. The van der Waals surface area contributed by atoms with Gasteiger partial charge in [0.25, 0.3) is 5.89 Å². The molecule has 0 aliphatic carbocycles. The summed E-state index contributed by atoms with van der Waals surface area (Å²) in [6.07, 6.45) is 0.946. The normalized spacial score (nSPS) is 14.4. The Kier molecular flexibility index (Phi) is 4.43. The van der Waals surface area contributed by atoms with Gasteiger partial charge in [-0.05, 0) is 27.2 Å². The van der Waals surface area contributed by atoms with Gasteiger partial charge in [0.2, 0.25) is 0 Å². The van der Waals surface area contributed by atoms with Gasteiger partial charge in [0.15, 0.2) is 5.82 Å². The van der Waals surface area contributed by atoms with E-state index in [9.17, 15) is 0 Å². The van der Waals surface area contributed by atoms with Gasteiger partial charge in [-0.25, -0.2) is 0 Å². The van der Waals surface area contributed by atoms with Crippen LogP contribution in [0.5, 0.6) is 0 Å². The van der Waals surface area contributed by atoms with Crippen LogP contribution >= 0.6 is 0 Å². The number of hydrogen-bond acceptors (Lipinski definition) is 6. The fourth-order valence-corrected chi connectivity index (χ4v) is 2.13. The Labute approximate surface area is 124 Å². The highest BCUT2D eigenvalue weighted by Crippen LogP contribution is 2.26. The Morgan fingerprint density at radius 1 is 1.38 bits per heavy atom. The number of aromatic nitrogens is 4. The van der Waals surface area contributed by atoms with Crippen molar-refractivity contribution in [1.29, 1.82) is 0 Å². The molecule has 0 spiro atoms. The second-order valence-corrected chi connectivity index (χ2v) is 5.56. The molecule has 2 heterocycles. The van der Waals surface area contributed by atoms with E-state index in [-0.39, 0.29) is 0 Å². The van der Waals surface area contributed by atoms with Gasteiger partial charge in [-0.2, -0.15) is 10.1 Å². The van der Waals surface area contributed by atoms with Crippen LogP contribution < -0.4 is 5.73 Å². The second kappa shape index (κ2) is 5.95. The predicted octanol–water partition coefficient (Wildman–Crippen LogP) is 1.69. The van der Waals surface area contributed by atoms with Crippen molar-refractivity contribution < 1.29 is 9.26 Å². The Morgan fingerprint density at radius 2 is 2.10 bits per heavy atom. The molecular weight excluding hydrogens is 270 g/mol. The van der Waals surface area contributed by atoms with Gasteiger partial charge in [-0.1, -0.05) is 12.1 Å². The Hall–Kier alpha value is -1.73. The van der Waals surface area contributed by atoms with E-state index < -0.39 is 5.54 Å². The average molecular weight is 293 g/mol. The highest BCUT2D eigenvalue weighted by molar-refractivity contribution is 5.59. The van der Waals surface area contributed by atoms with Gasteiger partial charge in [0, 0.05) is 19.3 Å². The standard InChI is InChI=1S/C14H23N5O2/c1-6-7-20-8-14(4,15)13-16-12(21-18-13)11-9(2)17-19(5)10(11)3/h6-8,15H2,1-5H3. The zero-order chi connectivity index (χ0) is 15.6. The first-order chi connectivity index (χ1) is 9.86. The summed E-state index contributed by atoms with van der Waals surface area (Å²) in [5.41, 5.74) is 8.13. The van der Waals surface area contributed by atoms with Crippen molar-refractivity contribution in [3.63, 3.8) is 0 Å². The van der Waals surface area contributed by atoms with E-state index >= 15 is 0 Å². The lowest BCUT2D eigenvalue weighted by Gasteiger charge is -2.19. The molecular formula is C14H23N5O2. The summed E-state index contributed by atoms with van der Waals surface area (Å²) in [6.45, 7) is 8.78. The van der Waals surface area contributed by atoms with Crippen LogP contribution in [-0.4, -0.2) is 33.1 Å². The number of aryl methyl sites for hydroxylation is 2. The van der Waals surface area contributed by atoms with Crippen LogP contribution in [0.15, 0.2) is 4.52 Å². The maximum absolute atomic E-state index is 6.22. The van der Waals surface area contributed by atoms with Crippen LogP contribution in [-0.2, 0) is 17.3 Å². The molecule has 116 valence electrons. The predicted molar refractivity (Wildman–Crippen MR) is 78.6 cm³/mol. The zero-order valence-corrected chi connectivity index (χ0v) is 13.3. The van der Waals surface area contributed by atoms with Gasteiger partial charge >= 0.3 is 0 Å². The van der Waals surface area contributed by atoms with Crippen molar-refractivity contribution in [1.82, 2.24) is 19.9 Å². The lowest BCUT2D eigenvalue weighted by atomic mass is 10.1. The highest BCUT2D eigenvalue weighted by atomic mass is 16.5. The molecule has 0 aliphatic heterocycles. The van der Waals surface area contributed by atoms with E-state index in [0.29, 0.717) is 24.9 Å². The number of nitrogens with two attached hydrogens (primary N) is 1. The SMILES string of the molecule is CCCOCC(C)(N)c1noc(-c2c(C)nn(C)c2C)n1. The maximum Gasteiger partial charge on any atom is 0.261 e. The Bertz CT molecular complexity index is 615. The monoisotopic (exact) mass is 293 g/mol. The first-order valence-corrected chi connectivity index (χ1v) is 7.08. The van der Waals surface area contributed by atoms with Crippen molar-refractivity contribution in [2.75, 3.05) is 13.2 Å². The fourth-order valence-electron chi connectivity index (χ4n) is 2.13. The molecule has 0 radical (unpaired) electrons. The third-order valence-electron chi connectivity index (χ3n) is 3.41. The van der Waals surface area contributed by atoms with E-state index in [0.717, 1.165) is 23.4 Å². The van der Waals surface area contributed by atoms with Crippen molar-refractivity contribution in [3.05, 3.63) is 17.2 Å². The molecule has 2 rings (SSSR count). The number of nitrogens with zero attached hydrogens (tertiary/aromatic N) is 4. The van der Waals surface area contributed by atoms with Gasteiger partial charge in [0.05, 0.1) is 17.9 Å². The van der Waals surface area contributed by atoms with E-state index in [1.807, 2.05) is 34.7 Å². The fraction of sp³-hybridized carbons (Fsp3) is 0.643. The van der Waals surface area contributed by atoms with Gasteiger partial charge < -0.3 is 15.0 Å². The Morgan fingerprint density at radius 3 is 2.67 bits per heavy atom. The zero-order valence-electron chi connectivity index (χ0n) is 13.3. The van der Waals surface area contributed by atoms with E-state index in [1.54, 1.807) is 4.68 Å². The molecule has 21 heavy (non-hydrogen) atoms. The third kappa shape index (κ3) is 3.14. The lowest BCUT2D eigenvalue weighted by Crippen LogP contribution is -2.39. The molecule has 7 nitrogen and oxygen atoms in total. The lowest BCUT2D eigenvalue weighted by molar-refractivity contribution is 0.0867. The molecule has 0 fully saturated rings. The molecule has 0 bridgehead atoms. The summed E-state index contributed by atoms with van der Waals surface area (Å²) in [5.74, 6) is 0.886. The summed E-state index contributed by atoms with van der Waals surface area (Å²) in [6, 6.07) is 0. The summed E-state index contributed by atoms with van der Waals surface area (Å²) in [4.78, 5) is 4.43. The van der Waals surface area contributed by atoms with Gasteiger partial charge in [0.1, 0.15) is 5.54 Å². The smallest absolute Gasteiger partial charge is 0.261 e. The summed E-state index contributed by atoms with van der Waals surface area (Å²) >= 11 is 0. The second-order valence-electron chi connectivity index (χ2n) is 5.56. The maximum atomic E-state index is 6.22. The van der Waals surface area contributed by atoms with Crippen molar-refractivity contribution in [2.24, 2.45) is 12.8 Å². The minimum absolute atomic E-state index is 0.352. The molecule has 0 aliphatic rings.